The minimum absolute atomic E-state index is 0.170. The Balaban J connectivity index is 1.85. The maximum absolute atomic E-state index is 13.1. The Hall–Kier alpha value is -2.21. The molecule has 2 aromatic rings. The summed E-state index contributed by atoms with van der Waals surface area (Å²) < 4.78 is 14.0. The lowest BCUT2D eigenvalue weighted by molar-refractivity contribution is -0.120. The first-order chi connectivity index (χ1) is 11.0. The summed E-state index contributed by atoms with van der Waals surface area (Å²) >= 11 is 3.35. The van der Waals surface area contributed by atoms with Gasteiger partial charge in [0, 0.05) is 10.0 Å². The summed E-state index contributed by atoms with van der Waals surface area (Å²) in [6.45, 7) is 1.69. The van der Waals surface area contributed by atoms with Crippen molar-refractivity contribution in [1.29, 1.82) is 0 Å². The summed E-state index contributed by atoms with van der Waals surface area (Å²) in [7, 11) is 0. The lowest BCUT2D eigenvalue weighted by Crippen LogP contribution is -2.38. The molecule has 120 valence electrons. The van der Waals surface area contributed by atoms with E-state index in [1.165, 1.54) is 18.2 Å². The first-order valence-corrected chi connectivity index (χ1v) is 7.83. The number of amides is 2. The molecule has 0 aromatic heterocycles. The van der Waals surface area contributed by atoms with E-state index in [-0.39, 0.29) is 24.1 Å². The second kappa shape index (κ2) is 7.87. The van der Waals surface area contributed by atoms with Crippen LogP contribution in [-0.4, -0.2) is 18.4 Å². The smallest absolute Gasteiger partial charge is 0.251 e. The monoisotopic (exact) mass is 378 g/mol. The van der Waals surface area contributed by atoms with Gasteiger partial charge in [0.15, 0.2) is 0 Å². The molecule has 1 atom stereocenters. The average Bonchev–Trinajstić information content (AvgIpc) is 2.53. The molecule has 0 aliphatic rings. The fourth-order valence-electron chi connectivity index (χ4n) is 2.02. The van der Waals surface area contributed by atoms with Crippen molar-refractivity contribution in [3.8, 4) is 0 Å². The van der Waals surface area contributed by atoms with Gasteiger partial charge in [0.05, 0.1) is 12.6 Å². The molecule has 2 aromatic carbocycles. The fraction of sp³-hybridized carbons (Fsp3) is 0.176. The van der Waals surface area contributed by atoms with Gasteiger partial charge in [-0.2, -0.15) is 0 Å². The number of carbonyl (C=O) groups is 2. The number of nitrogens with one attached hydrogen (secondary N) is 2. The minimum atomic E-state index is -0.494. The van der Waals surface area contributed by atoms with Crippen LogP contribution < -0.4 is 10.6 Å². The van der Waals surface area contributed by atoms with E-state index >= 15 is 0 Å². The first kappa shape index (κ1) is 17.1. The van der Waals surface area contributed by atoms with Crippen LogP contribution >= 0.6 is 15.9 Å². The molecule has 2 amide bonds. The zero-order valence-corrected chi connectivity index (χ0v) is 14.1. The van der Waals surface area contributed by atoms with E-state index in [1.54, 1.807) is 0 Å². The van der Waals surface area contributed by atoms with Crippen molar-refractivity contribution in [3.05, 3.63) is 69.9 Å². The summed E-state index contributed by atoms with van der Waals surface area (Å²) in [5, 5.41) is 5.26. The second-order valence-corrected chi connectivity index (χ2v) is 5.95. The molecule has 0 heterocycles. The van der Waals surface area contributed by atoms with Gasteiger partial charge in [-0.15, -0.1) is 0 Å². The molecule has 0 fully saturated rings. The molecule has 2 N–H and O–H groups in total. The van der Waals surface area contributed by atoms with E-state index in [9.17, 15) is 14.0 Å². The van der Waals surface area contributed by atoms with E-state index in [2.05, 4.69) is 26.6 Å². The van der Waals surface area contributed by atoms with Gasteiger partial charge >= 0.3 is 0 Å². The summed E-state index contributed by atoms with van der Waals surface area (Å²) in [6.07, 6.45) is 0. The second-order valence-electron chi connectivity index (χ2n) is 5.03. The largest absolute Gasteiger partial charge is 0.348 e. The molecule has 0 bridgehead atoms. The van der Waals surface area contributed by atoms with E-state index in [0.717, 1.165) is 16.1 Å². The van der Waals surface area contributed by atoms with E-state index in [0.29, 0.717) is 0 Å². The van der Waals surface area contributed by atoms with Crippen molar-refractivity contribution in [3.63, 3.8) is 0 Å². The minimum Gasteiger partial charge on any atom is -0.348 e. The van der Waals surface area contributed by atoms with Crippen LogP contribution in [0.2, 0.25) is 0 Å². The van der Waals surface area contributed by atoms with Gasteiger partial charge in [-0.25, -0.2) is 4.39 Å². The Morgan fingerprint density at radius 3 is 2.52 bits per heavy atom. The number of benzene rings is 2. The Morgan fingerprint density at radius 1 is 1.17 bits per heavy atom. The fourth-order valence-corrected chi connectivity index (χ4v) is 2.28. The molecule has 0 saturated carbocycles. The summed E-state index contributed by atoms with van der Waals surface area (Å²) in [5.41, 5.74) is 1.14. The van der Waals surface area contributed by atoms with Crippen LogP contribution in [0.4, 0.5) is 4.39 Å². The molecule has 0 spiro atoms. The van der Waals surface area contributed by atoms with Crippen LogP contribution in [0.3, 0.4) is 0 Å². The zero-order valence-electron chi connectivity index (χ0n) is 12.5. The van der Waals surface area contributed by atoms with Crippen LogP contribution in [0.1, 0.15) is 28.9 Å². The average molecular weight is 379 g/mol. The predicted molar refractivity (Wildman–Crippen MR) is 89.4 cm³/mol. The molecule has 0 radical (unpaired) electrons. The van der Waals surface area contributed by atoms with Gasteiger partial charge in [0.2, 0.25) is 5.91 Å². The molecule has 2 rings (SSSR count). The Bertz CT molecular complexity index is 704. The third-order valence-electron chi connectivity index (χ3n) is 3.24. The highest BCUT2D eigenvalue weighted by Gasteiger charge is 2.12. The van der Waals surface area contributed by atoms with Gasteiger partial charge in [-0.3, -0.25) is 9.59 Å². The molecule has 4 nitrogen and oxygen atoms in total. The summed E-state index contributed by atoms with van der Waals surface area (Å²) in [6, 6.07) is 12.7. The van der Waals surface area contributed by atoms with Gasteiger partial charge in [0.25, 0.3) is 5.91 Å². The van der Waals surface area contributed by atoms with Gasteiger partial charge < -0.3 is 10.6 Å². The van der Waals surface area contributed by atoms with Crippen molar-refractivity contribution in [2.24, 2.45) is 0 Å². The highest BCUT2D eigenvalue weighted by atomic mass is 79.9. The lowest BCUT2D eigenvalue weighted by atomic mass is 10.1. The highest BCUT2D eigenvalue weighted by molar-refractivity contribution is 9.10. The van der Waals surface area contributed by atoms with E-state index < -0.39 is 11.7 Å². The Morgan fingerprint density at radius 2 is 1.87 bits per heavy atom. The number of hydrogen-bond acceptors (Lipinski definition) is 2. The maximum atomic E-state index is 13.1. The normalized spacial score (nSPS) is 11.6. The quantitative estimate of drug-likeness (QED) is 0.839. The van der Waals surface area contributed by atoms with E-state index in [4.69, 9.17) is 0 Å². The topological polar surface area (TPSA) is 58.2 Å². The van der Waals surface area contributed by atoms with Crippen LogP contribution in [0.15, 0.2) is 53.0 Å². The zero-order chi connectivity index (χ0) is 16.8. The highest BCUT2D eigenvalue weighted by Crippen LogP contribution is 2.16. The van der Waals surface area contributed by atoms with E-state index in [1.807, 2.05) is 31.2 Å². The SMILES string of the molecule is CC(NC(=O)CNC(=O)c1cccc(F)c1)c1ccc(Br)cc1. The third-order valence-corrected chi connectivity index (χ3v) is 3.77. The Kier molecular flexibility index (Phi) is 5.87. The number of halogens is 2. The van der Waals surface area contributed by atoms with Crippen molar-refractivity contribution in [2.45, 2.75) is 13.0 Å². The van der Waals surface area contributed by atoms with Crippen molar-refractivity contribution < 1.29 is 14.0 Å². The number of hydrogen-bond donors (Lipinski definition) is 2. The van der Waals surface area contributed by atoms with Crippen molar-refractivity contribution >= 4 is 27.7 Å². The van der Waals surface area contributed by atoms with Crippen LogP contribution in [-0.2, 0) is 4.79 Å². The molecule has 1 unspecified atom stereocenters. The molecule has 0 aliphatic carbocycles. The predicted octanol–water partition coefficient (Wildman–Crippen LogP) is 3.20. The maximum Gasteiger partial charge on any atom is 0.251 e. The summed E-state index contributed by atoms with van der Waals surface area (Å²) in [5.74, 6) is -1.30. The summed E-state index contributed by atoms with van der Waals surface area (Å²) in [4.78, 5) is 23.7. The van der Waals surface area contributed by atoms with Crippen LogP contribution in [0.5, 0.6) is 0 Å². The van der Waals surface area contributed by atoms with Crippen LogP contribution in [0, 0.1) is 5.82 Å². The molecular weight excluding hydrogens is 363 g/mol. The molecule has 6 heteroatoms. The number of carbonyl (C=O) groups excluding carboxylic acids is 2. The lowest BCUT2D eigenvalue weighted by Gasteiger charge is -2.15. The molecular formula is C17H16BrFN2O2. The third kappa shape index (κ3) is 5.17. The molecule has 0 aliphatic heterocycles. The van der Waals surface area contributed by atoms with Crippen molar-refractivity contribution in [1.82, 2.24) is 10.6 Å². The Labute approximate surface area is 142 Å². The first-order valence-electron chi connectivity index (χ1n) is 7.04. The standard InChI is InChI=1S/C17H16BrFN2O2/c1-11(12-5-7-14(18)8-6-12)21-16(22)10-20-17(23)13-3-2-4-15(19)9-13/h2-9,11H,10H2,1H3,(H,20,23)(H,21,22). The van der Waals surface area contributed by atoms with Gasteiger partial charge in [0.1, 0.15) is 5.82 Å². The van der Waals surface area contributed by atoms with Gasteiger partial charge in [-0.1, -0.05) is 34.1 Å². The number of rotatable bonds is 5. The van der Waals surface area contributed by atoms with Crippen molar-refractivity contribution in [2.75, 3.05) is 6.54 Å². The van der Waals surface area contributed by atoms with Crippen LogP contribution in [0.25, 0.3) is 0 Å². The molecule has 23 heavy (non-hydrogen) atoms. The van der Waals surface area contributed by atoms with Gasteiger partial charge in [-0.05, 0) is 42.8 Å². The molecule has 0 saturated heterocycles.